The molecule has 8 heteroatoms. The van der Waals surface area contributed by atoms with Crippen molar-refractivity contribution in [2.75, 3.05) is 19.5 Å². The van der Waals surface area contributed by atoms with Gasteiger partial charge in [0, 0.05) is 22.8 Å². The molecule has 0 fully saturated rings. The van der Waals surface area contributed by atoms with E-state index < -0.39 is 0 Å². The number of anilines is 1. The normalized spacial score (nSPS) is 10.9. The molecule has 2 aromatic carbocycles. The van der Waals surface area contributed by atoms with E-state index >= 15 is 0 Å². The van der Waals surface area contributed by atoms with E-state index in [1.807, 2.05) is 50.4 Å². The molecule has 6 nitrogen and oxygen atoms in total. The lowest BCUT2D eigenvalue weighted by Crippen LogP contribution is -2.17. The summed E-state index contributed by atoms with van der Waals surface area (Å²) in [7, 11) is 3.60. The van der Waals surface area contributed by atoms with Gasteiger partial charge in [-0.15, -0.1) is 10.2 Å². The van der Waals surface area contributed by atoms with Gasteiger partial charge in [-0.2, -0.15) is 0 Å². The van der Waals surface area contributed by atoms with Crippen LogP contribution in [-0.2, 0) is 13.1 Å². The van der Waals surface area contributed by atoms with Crippen molar-refractivity contribution < 1.29 is 9.53 Å². The fourth-order valence-corrected chi connectivity index (χ4v) is 3.69. The highest BCUT2D eigenvalue weighted by Crippen LogP contribution is 2.24. The van der Waals surface area contributed by atoms with Gasteiger partial charge in [0.25, 0.3) is 5.91 Å². The number of hydrogen-bond donors (Lipinski definition) is 1. The number of aryl methyl sites for hydroxylation is 1. The maximum absolute atomic E-state index is 12.4. The molecule has 3 aromatic rings. The number of nitrogens with one attached hydrogen (secondary N) is 1. The van der Waals surface area contributed by atoms with Crippen LogP contribution in [0.25, 0.3) is 0 Å². The van der Waals surface area contributed by atoms with Crippen molar-refractivity contribution in [1.29, 1.82) is 0 Å². The SMILES string of the molecule is COc1ccc(Cl)cc1CN(C)Cc1nnc(C(=O)Nc2ccc(C)cc2)s1. The molecular weight excluding hydrogens is 396 g/mol. The summed E-state index contributed by atoms with van der Waals surface area (Å²) in [6.07, 6.45) is 0. The molecule has 1 N–H and O–H groups in total. The molecule has 3 rings (SSSR count). The largest absolute Gasteiger partial charge is 0.496 e. The fraction of sp³-hybridized carbons (Fsp3) is 0.250. The Hall–Kier alpha value is -2.48. The predicted octanol–water partition coefficient (Wildman–Crippen LogP) is 4.39. The summed E-state index contributed by atoms with van der Waals surface area (Å²) in [6, 6.07) is 13.2. The van der Waals surface area contributed by atoms with Crippen molar-refractivity contribution in [2.24, 2.45) is 0 Å². The van der Waals surface area contributed by atoms with Crippen molar-refractivity contribution in [2.45, 2.75) is 20.0 Å². The number of rotatable bonds is 7. The first-order valence-corrected chi connectivity index (χ1v) is 9.85. The Labute approximate surface area is 173 Å². The van der Waals surface area contributed by atoms with Crippen LogP contribution in [0.3, 0.4) is 0 Å². The molecule has 0 bridgehead atoms. The van der Waals surface area contributed by atoms with Crippen LogP contribution in [0.1, 0.15) is 25.9 Å². The molecule has 1 amide bonds. The Morgan fingerprint density at radius 3 is 2.64 bits per heavy atom. The molecule has 28 heavy (non-hydrogen) atoms. The summed E-state index contributed by atoms with van der Waals surface area (Å²) >= 11 is 7.37. The van der Waals surface area contributed by atoms with Crippen LogP contribution in [0.4, 0.5) is 5.69 Å². The highest BCUT2D eigenvalue weighted by molar-refractivity contribution is 7.13. The van der Waals surface area contributed by atoms with Gasteiger partial charge in [-0.25, -0.2) is 0 Å². The average Bonchev–Trinajstić information content (AvgIpc) is 3.12. The molecule has 0 unspecified atom stereocenters. The van der Waals surface area contributed by atoms with Gasteiger partial charge in [-0.05, 0) is 44.3 Å². The maximum Gasteiger partial charge on any atom is 0.286 e. The van der Waals surface area contributed by atoms with Gasteiger partial charge in [-0.1, -0.05) is 40.6 Å². The average molecular weight is 417 g/mol. The molecular formula is C20H21ClN4O2S. The summed E-state index contributed by atoms with van der Waals surface area (Å²) in [5.41, 5.74) is 2.85. The van der Waals surface area contributed by atoms with E-state index in [4.69, 9.17) is 16.3 Å². The van der Waals surface area contributed by atoms with Crippen LogP contribution in [-0.4, -0.2) is 35.2 Å². The summed E-state index contributed by atoms with van der Waals surface area (Å²) < 4.78 is 5.39. The van der Waals surface area contributed by atoms with Crippen LogP contribution in [0.15, 0.2) is 42.5 Å². The van der Waals surface area contributed by atoms with Gasteiger partial charge in [0.15, 0.2) is 0 Å². The van der Waals surface area contributed by atoms with Crippen molar-refractivity contribution >= 4 is 34.5 Å². The van der Waals surface area contributed by atoms with Crippen LogP contribution < -0.4 is 10.1 Å². The minimum Gasteiger partial charge on any atom is -0.496 e. The molecule has 1 heterocycles. The first-order valence-electron chi connectivity index (χ1n) is 8.66. The van der Waals surface area contributed by atoms with E-state index in [0.717, 1.165) is 27.6 Å². The first-order chi connectivity index (χ1) is 13.4. The van der Waals surface area contributed by atoms with Crippen LogP contribution in [0.5, 0.6) is 5.75 Å². The van der Waals surface area contributed by atoms with Gasteiger partial charge in [0.2, 0.25) is 5.01 Å². The molecule has 1 aromatic heterocycles. The molecule has 0 spiro atoms. The van der Waals surface area contributed by atoms with Gasteiger partial charge >= 0.3 is 0 Å². The number of carbonyl (C=O) groups is 1. The van der Waals surface area contributed by atoms with Crippen LogP contribution in [0, 0.1) is 6.92 Å². The number of halogens is 1. The number of ether oxygens (including phenoxy) is 1. The molecule has 0 aliphatic heterocycles. The second-order valence-corrected chi connectivity index (χ2v) is 7.95. The van der Waals surface area contributed by atoms with Gasteiger partial charge < -0.3 is 10.1 Å². The Bertz CT molecular complexity index is 959. The maximum atomic E-state index is 12.4. The zero-order chi connectivity index (χ0) is 20.1. The fourth-order valence-electron chi connectivity index (χ4n) is 2.68. The summed E-state index contributed by atoms with van der Waals surface area (Å²) in [6.45, 7) is 3.19. The van der Waals surface area contributed by atoms with Crippen molar-refractivity contribution in [3.8, 4) is 5.75 Å². The number of hydrogen-bond acceptors (Lipinski definition) is 6. The monoisotopic (exact) mass is 416 g/mol. The second kappa shape index (κ2) is 9.14. The highest BCUT2D eigenvalue weighted by Gasteiger charge is 2.15. The quantitative estimate of drug-likeness (QED) is 0.618. The van der Waals surface area contributed by atoms with Crippen LogP contribution >= 0.6 is 22.9 Å². The highest BCUT2D eigenvalue weighted by atomic mass is 35.5. The van der Waals surface area contributed by atoms with Crippen molar-refractivity contribution in [3.63, 3.8) is 0 Å². The minimum absolute atomic E-state index is 0.258. The number of amides is 1. The molecule has 0 radical (unpaired) electrons. The van der Waals surface area contributed by atoms with E-state index in [0.29, 0.717) is 23.1 Å². The number of benzene rings is 2. The predicted molar refractivity (Wildman–Crippen MR) is 112 cm³/mol. The molecule has 0 saturated heterocycles. The number of carbonyl (C=O) groups excluding carboxylic acids is 1. The van der Waals surface area contributed by atoms with Gasteiger partial charge in [-0.3, -0.25) is 9.69 Å². The number of nitrogens with zero attached hydrogens (tertiary/aromatic N) is 3. The van der Waals surface area contributed by atoms with Gasteiger partial charge in [0.1, 0.15) is 10.8 Å². The third kappa shape index (κ3) is 5.28. The summed E-state index contributed by atoms with van der Waals surface area (Å²) in [4.78, 5) is 14.4. The lowest BCUT2D eigenvalue weighted by molar-refractivity contribution is 0.102. The standard InChI is InChI=1S/C20H21ClN4O2S/c1-13-4-7-16(8-5-13)22-19(26)20-24-23-18(28-20)12-25(2)11-14-10-15(21)6-9-17(14)27-3/h4-10H,11-12H2,1-3H3,(H,22,26). The van der Waals surface area contributed by atoms with E-state index in [1.54, 1.807) is 13.2 Å². The van der Waals surface area contributed by atoms with Crippen molar-refractivity contribution in [3.05, 3.63) is 68.6 Å². The minimum atomic E-state index is -0.258. The smallest absolute Gasteiger partial charge is 0.286 e. The van der Waals surface area contributed by atoms with Gasteiger partial charge in [0.05, 0.1) is 13.7 Å². The molecule has 0 atom stereocenters. The third-order valence-electron chi connectivity index (χ3n) is 4.06. The summed E-state index contributed by atoms with van der Waals surface area (Å²) in [5.74, 6) is 0.526. The van der Waals surface area contributed by atoms with Crippen LogP contribution in [0.2, 0.25) is 5.02 Å². The van der Waals surface area contributed by atoms with E-state index in [9.17, 15) is 4.79 Å². The lowest BCUT2D eigenvalue weighted by Gasteiger charge is -2.17. The summed E-state index contributed by atoms with van der Waals surface area (Å²) in [5, 5.41) is 12.8. The Morgan fingerprint density at radius 1 is 1.18 bits per heavy atom. The van der Waals surface area contributed by atoms with E-state index in [1.165, 1.54) is 11.3 Å². The zero-order valence-corrected chi connectivity index (χ0v) is 17.5. The molecule has 146 valence electrons. The Balaban J connectivity index is 1.61. The lowest BCUT2D eigenvalue weighted by atomic mass is 10.2. The Kier molecular flexibility index (Phi) is 6.61. The third-order valence-corrected chi connectivity index (χ3v) is 5.20. The first kappa shape index (κ1) is 20.3. The van der Waals surface area contributed by atoms with Crippen molar-refractivity contribution in [1.82, 2.24) is 15.1 Å². The zero-order valence-electron chi connectivity index (χ0n) is 15.9. The van der Waals surface area contributed by atoms with E-state index in [-0.39, 0.29) is 5.91 Å². The Morgan fingerprint density at radius 2 is 1.93 bits per heavy atom. The number of aromatic nitrogens is 2. The second-order valence-electron chi connectivity index (χ2n) is 6.45. The topological polar surface area (TPSA) is 67.3 Å². The number of methoxy groups -OCH3 is 1. The molecule has 0 saturated carbocycles. The molecule has 0 aliphatic carbocycles. The molecule has 0 aliphatic rings. The van der Waals surface area contributed by atoms with E-state index in [2.05, 4.69) is 20.4 Å².